The third-order valence-electron chi connectivity index (χ3n) is 5.84. The van der Waals surface area contributed by atoms with Crippen LogP contribution in [0.5, 0.6) is 0 Å². The smallest absolute Gasteiger partial charge is 0.263 e. The van der Waals surface area contributed by atoms with E-state index in [2.05, 4.69) is 10.2 Å². The molecule has 0 atom stereocenters. The highest BCUT2D eigenvalue weighted by atomic mass is 32.2. The van der Waals surface area contributed by atoms with E-state index < -0.39 is 0 Å². The van der Waals surface area contributed by atoms with Crippen LogP contribution < -0.4 is 5.56 Å². The van der Waals surface area contributed by atoms with Crippen molar-refractivity contribution in [3.63, 3.8) is 0 Å². The van der Waals surface area contributed by atoms with Crippen LogP contribution >= 0.6 is 11.8 Å². The minimum absolute atomic E-state index is 0.00387. The molecule has 1 aromatic carbocycles. The van der Waals surface area contributed by atoms with E-state index in [4.69, 9.17) is 0 Å². The molecular weight excluding hydrogens is 398 g/mol. The number of para-hydroxylation sites is 1. The van der Waals surface area contributed by atoms with Gasteiger partial charge in [0.2, 0.25) is 11.7 Å². The van der Waals surface area contributed by atoms with Gasteiger partial charge < -0.3 is 4.90 Å². The maximum atomic E-state index is 13.3. The number of nitrogens with zero attached hydrogens (tertiary/aromatic N) is 5. The van der Waals surface area contributed by atoms with Crippen LogP contribution in [0.2, 0.25) is 0 Å². The molecule has 8 heteroatoms. The molecule has 2 heterocycles. The predicted octanol–water partition coefficient (Wildman–Crippen LogP) is 3.90. The van der Waals surface area contributed by atoms with E-state index in [1.54, 1.807) is 0 Å². The second kappa shape index (κ2) is 8.41. The summed E-state index contributed by atoms with van der Waals surface area (Å²) in [5.41, 5.74) is 0.784. The SMILES string of the molecule is CC(C)N(C(=O)CSc1nnc2n(C3CCCC3)c(=O)c3ccccc3n12)C(C)C. The molecule has 0 radical (unpaired) electrons. The summed E-state index contributed by atoms with van der Waals surface area (Å²) in [6.45, 7) is 8.12. The molecule has 30 heavy (non-hydrogen) atoms. The van der Waals surface area contributed by atoms with Crippen LogP contribution in [0.15, 0.2) is 34.2 Å². The molecule has 1 aliphatic carbocycles. The maximum Gasteiger partial charge on any atom is 0.263 e. The van der Waals surface area contributed by atoms with Gasteiger partial charge in [0.1, 0.15) is 0 Å². The molecule has 1 aliphatic rings. The summed E-state index contributed by atoms with van der Waals surface area (Å²) < 4.78 is 3.77. The Morgan fingerprint density at radius 1 is 1.13 bits per heavy atom. The highest BCUT2D eigenvalue weighted by Gasteiger charge is 2.26. The van der Waals surface area contributed by atoms with Crippen molar-refractivity contribution in [1.29, 1.82) is 0 Å². The molecule has 0 unspecified atom stereocenters. The summed E-state index contributed by atoms with van der Waals surface area (Å²) in [5.74, 6) is 0.939. The normalized spacial score (nSPS) is 15.1. The third kappa shape index (κ3) is 3.62. The van der Waals surface area contributed by atoms with Crippen molar-refractivity contribution in [1.82, 2.24) is 24.1 Å². The first-order valence-corrected chi connectivity index (χ1v) is 11.7. The van der Waals surface area contributed by atoms with Crippen molar-refractivity contribution in [2.45, 2.75) is 76.7 Å². The van der Waals surface area contributed by atoms with E-state index in [1.165, 1.54) is 11.8 Å². The summed E-state index contributed by atoms with van der Waals surface area (Å²) in [4.78, 5) is 28.0. The number of hydrogen-bond acceptors (Lipinski definition) is 5. The lowest BCUT2D eigenvalue weighted by Crippen LogP contribution is -2.43. The van der Waals surface area contributed by atoms with E-state index >= 15 is 0 Å². The van der Waals surface area contributed by atoms with Crippen LogP contribution in [0.4, 0.5) is 0 Å². The van der Waals surface area contributed by atoms with Gasteiger partial charge in [0.15, 0.2) is 5.16 Å². The Morgan fingerprint density at radius 2 is 1.80 bits per heavy atom. The molecule has 0 aliphatic heterocycles. The average molecular weight is 428 g/mol. The minimum Gasteiger partial charge on any atom is -0.337 e. The van der Waals surface area contributed by atoms with Crippen LogP contribution in [-0.4, -0.2) is 47.8 Å². The lowest BCUT2D eigenvalue weighted by molar-refractivity contribution is -0.131. The van der Waals surface area contributed by atoms with Gasteiger partial charge in [-0.1, -0.05) is 36.7 Å². The number of carbonyl (C=O) groups is 1. The van der Waals surface area contributed by atoms with E-state index in [1.807, 2.05) is 65.8 Å². The van der Waals surface area contributed by atoms with Gasteiger partial charge in [0.05, 0.1) is 16.7 Å². The molecule has 3 aromatic rings. The van der Waals surface area contributed by atoms with Gasteiger partial charge in [-0.15, -0.1) is 10.2 Å². The van der Waals surface area contributed by atoms with E-state index in [0.29, 0.717) is 16.3 Å². The van der Waals surface area contributed by atoms with Gasteiger partial charge in [0.25, 0.3) is 5.56 Å². The Labute approximate surface area is 180 Å². The molecule has 0 N–H and O–H groups in total. The average Bonchev–Trinajstić information content (AvgIpc) is 3.36. The van der Waals surface area contributed by atoms with Crippen molar-refractivity contribution in [3.05, 3.63) is 34.6 Å². The maximum absolute atomic E-state index is 13.3. The second-order valence-electron chi connectivity index (χ2n) is 8.53. The van der Waals surface area contributed by atoms with E-state index in [9.17, 15) is 9.59 Å². The van der Waals surface area contributed by atoms with Crippen LogP contribution in [0.1, 0.15) is 59.4 Å². The van der Waals surface area contributed by atoms with Crippen LogP contribution in [0.25, 0.3) is 16.7 Å². The zero-order valence-corrected chi connectivity index (χ0v) is 18.9. The fourth-order valence-corrected chi connectivity index (χ4v) is 5.47. The van der Waals surface area contributed by atoms with Crippen molar-refractivity contribution >= 4 is 34.3 Å². The Morgan fingerprint density at radius 3 is 2.47 bits per heavy atom. The highest BCUT2D eigenvalue weighted by molar-refractivity contribution is 7.99. The first-order valence-electron chi connectivity index (χ1n) is 10.7. The van der Waals surface area contributed by atoms with Crippen molar-refractivity contribution in [2.24, 2.45) is 0 Å². The minimum atomic E-state index is -0.00387. The van der Waals surface area contributed by atoms with Gasteiger partial charge >= 0.3 is 0 Å². The Kier molecular flexibility index (Phi) is 5.86. The highest BCUT2D eigenvalue weighted by Crippen LogP contribution is 2.31. The summed E-state index contributed by atoms with van der Waals surface area (Å²) in [6.07, 6.45) is 4.22. The lowest BCUT2D eigenvalue weighted by Gasteiger charge is -2.30. The summed E-state index contributed by atoms with van der Waals surface area (Å²) in [5, 5.41) is 10.1. The third-order valence-corrected chi connectivity index (χ3v) is 6.75. The fraction of sp³-hybridized carbons (Fsp3) is 0.545. The first-order chi connectivity index (χ1) is 14.4. The van der Waals surface area contributed by atoms with Gasteiger partial charge in [-0.05, 0) is 52.7 Å². The molecular formula is C22H29N5O2S. The largest absolute Gasteiger partial charge is 0.337 e. The molecule has 1 amide bonds. The Hall–Kier alpha value is -2.35. The zero-order valence-electron chi connectivity index (χ0n) is 18.0. The van der Waals surface area contributed by atoms with Crippen LogP contribution in [0, 0.1) is 0 Å². The fourth-order valence-electron chi connectivity index (χ4n) is 4.66. The number of aromatic nitrogens is 4. The molecule has 1 saturated carbocycles. The standard InChI is InChI=1S/C22H29N5O2S/c1-14(2)25(15(3)4)19(28)13-30-22-24-23-21-26(16-9-5-6-10-16)20(29)17-11-7-8-12-18(17)27(21)22/h7-8,11-12,14-16H,5-6,9-10,13H2,1-4H3. The van der Waals surface area contributed by atoms with Gasteiger partial charge in [0, 0.05) is 18.1 Å². The van der Waals surface area contributed by atoms with E-state index in [-0.39, 0.29) is 35.3 Å². The number of hydrogen-bond donors (Lipinski definition) is 0. The number of amides is 1. The number of carbonyl (C=O) groups excluding carboxylic acids is 1. The lowest BCUT2D eigenvalue weighted by atomic mass is 10.2. The molecule has 160 valence electrons. The summed E-state index contributed by atoms with van der Waals surface area (Å²) in [6, 6.07) is 8.03. The van der Waals surface area contributed by atoms with Crippen LogP contribution in [0.3, 0.4) is 0 Å². The monoisotopic (exact) mass is 427 g/mol. The molecule has 7 nitrogen and oxygen atoms in total. The number of thioether (sulfide) groups is 1. The first kappa shape index (κ1) is 20.9. The summed E-state index contributed by atoms with van der Waals surface area (Å²) >= 11 is 1.38. The van der Waals surface area contributed by atoms with Crippen LogP contribution in [-0.2, 0) is 4.79 Å². The van der Waals surface area contributed by atoms with Crippen molar-refractivity contribution < 1.29 is 4.79 Å². The molecule has 0 saturated heterocycles. The van der Waals surface area contributed by atoms with Crippen molar-refractivity contribution in [2.75, 3.05) is 5.75 Å². The molecule has 2 aromatic heterocycles. The second-order valence-corrected chi connectivity index (χ2v) is 9.47. The van der Waals surface area contributed by atoms with Crippen molar-refractivity contribution in [3.8, 4) is 0 Å². The summed E-state index contributed by atoms with van der Waals surface area (Å²) in [7, 11) is 0. The number of benzene rings is 1. The predicted molar refractivity (Wildman–Crippen MR) is 120 cm³/mol. The molecule has 0 bridgehead atoms. The van der Waals surface area contributed by atoms with Gasteiger partial charge in [-0.25, -0.2) is 0 Å². The molecule has 0 spiro atoms. The molecule has 1 fully saturated rings. The Balaban J connectivity index is 1.77. The zero-order chi connectivity index (χ0) is 21.4. The number of fused-ring (bicyclic) bond motifs is 3. The molecule has 4 rings (SSSR count). The van der Waals surface area contributed by atoms with E-state index in [0.717, 1.165) is 31.2 Å². The number of rotatable bonds is 6. The topological polar surface area (TPSA) is 72.5 Å². The van der Waals surface area contributed by atoms with Gasteiger partial charge in [-0.3, -0.25) is 18.6 Å². The quantitative estimate of drug-likeness (QED) is 0.558. The van der Waals surface area contributed by atoms with Gasteiger partial charge in [-0.2, -0.15) is 0 Å². The Bertz CT molecular complexity index is 1120.